The van der Waals surface area contributed by atoms with Crippen molar-refractivity contribution in [3.05, 3.63) is 53.5 Å². The zero-order valence-corrected chi connectivity index (χ0v) is 17.4. The lowest BCUT2D eigenvalue weighted by Gasteiger charge is -2.44. The first-order chi connectivity index (χ1) is 14.5. The first-order valence-electron chi connectivity index (χ1n) is 10.2. The molecule has 0 spiro atoms. The van der Waals surface area contributed by atoms with Gasteiger partial charge >= 0.3 is 0 Å². The molecule has 2 aliphatic heterocycles. The molecule has 0 radical (unpaired) electrons. The third kappa shape index (κ3) is 3.66. The molecule has 3 heterocycles. The van der Waals surface area contributed by atoms with Crippen LogP contribution in [0.1, 0.15) is 50.1 Å². The van der Waals surface area contributed by atoms with Crippen LogP contribution >= 0.6 is 0 Å². The third-order valence-electron chi connectivity index (χ3n) is 6.06. The summed E-state index contributed by atoms with van der Waals surface area (Å²) in [7, 11) is 0. The highest BCUT2D eigenvalue weighted by Gasteiger charge is 2.38. The normalized spacial score (nSPS) is 23.2. The van der Waals surface area contributed by atoms with Gasteiger partial charge in [0.05, 0.1) is 31.6 Å². The quantitative estimate of drug-likeness (QED) is 0.840. The minimum Gasteiger partial charge on any atom is -0.377 e. The molecular formula is C23H25N5O2. The van der Waals surface area contributed by atoms with E-state index in [0.29, 0.717) is 12.4 Å². The molecule has 30 heavy (non-hydrogen) atoms. The fourth-order valence-electron chi connectivity index (χ4n) is 4.31. The number of rotatable bonds is 3. The SMILES string of the molecule is CC(=O)N1c2ccc(C3=CCOCC3)cc2C(Nc2cnc(C#N)cn2)[C@@H](C)[C@@H]1C. The average molecular weight is 403 g/mol. The van der Waals surface area contributed by atoms with Gasteiger partial charge in [0.1, 0.15) is 11.9 Å². The number of hydrogen-bond donors (Lipinski definition) is 1. The summed E-state index contributed by atoms with van der Waals surface area (Å²) >= 11 is 0. The molecule has 0 aliphatic carbocycles. The van der Waals surface area contributed by atoms with Crippen molar-refractivity contribution in [2.24, 2.45) is 5.92 Å². The fourth-order valence-corrected chi connectivity index (χ4v) is 4.31. The number of nitrogens with one attached hydrogen (secondary N) is 1. The fraction of sp³-hybridized carbons (Fsp3) is 0.391. The molecule has 3 atom stereocenters. The zero-order chi connectivity index (χ0) is 21.3. The summed E-state index contributed by atoms with van der Waals surface area (Å²) < 4.78 is 5.45. The van der Waals surface area contributed by atoms with Gasteiger partial charge in [-0.1, -0.05) is 19.1 Å². The number of fused-ring (bicyclic) bond motifs is 1. The highest BCUT2D eigenvalue weighted by atomic mass is 16.5. The molecule has 1 amide bonds. The molecule has 0 saturated carbocycles. The monoisotopic (exact) mass is 403 g/mol. The second-order valence-electron chi connectivity index (χ2n) is 7.84. The summed E-state index contributed by atoms with van der Waals surface area (Å²) in [6.07, 6.45) is 6.04. The molecule has 1 aromatic heterocycles. The van der Waals surface area contributed by atoms with Crippen LogP contribution < -0.4 is 10.2 Å². The summed E-state index contributed by atoms with van der Waals surface area (Å²) in [6.45, 7) is 7.17. The van der Waals surface area contributed by atoms with Crippen molar-refractivity contribution in [2.45, 2.75) is 39.3 Å². The highest BCUT2D eigenvalue weighted by Crippen LogP contribution is 2.43. The Bertz CT molecular complexity index is 1020. The Morgan fingerprint density at radius 3 is 2.77 bits per heavy atom. The van der Waals surface area contributed by atoms with Gasteiger partial charge in [-0.15, -0.1) is 0 Å². The van der Waals surface area contributed by atoms with Crippen molar-refractivity contribution in [1.82, 2.24) is 9.97 Å². The van der Waals surface area contributed by atoms with Gasteiger partial charge in [0.15, 0.2) is 5.69 Å². The number of hydrogen-bond acceptors (Lipinski definition) is 6. The smallest absolute Gasteiger partial charge is 0.224 e. The van der Waals surface area contributed by atoms with Crippen LogP contribution in [0.15, 0.2) is 36.7 Å². The van der Waals surface area contributed by atoms with E-state index in [1.165, 1.54) is 11.8 Å². The van der Waals surface area contributed by atoms with Crippen LogP contribution in [0.25, 0.3) is 5.57 Å². The molecule has 0 bridgehead atoms. The maximum Gasteiger partial charge on any atom is 0.224 e. The number of ether oxygens (including phenoxy) is 1. The lowest BCUT2D eigenvalue weighted by atomic mass is 9.81. The van der Waals surface area contributed by atoms with E-state index in [0.717, 1.165) is 29.8 Å². The number of amides is 1. The lowest BCUT2D eigenvalue weighted by Crippen LogP contribution is -2.48. The van der Waals surface area contributed by atoms with Crippen molar-refractivity contribution in [3.8, 4) is 6.07 Å². The van der Waals surface area contributed by atoms with Crippen molar-refractivity contribution in [2.75, 3.05) is 23.4 Å². The number of carbonyl (C=O) groups excluding carboxylic acids is 1. The zero-order valence-electron chi connectivity index (χ0n) is 17.4. The van der Waals surface area contributed by atoms with Crippen LogP contribution in [0, 0.1) is 17.2 Å². The summed E-state index contributed by atoms with van der Waals surface area (Å²) in [5, 5.41) is 12.5. The summed E-state index contributed by atoms with van der Waals surface area (Å²) in [4.78, 5) is 22.8. The topological polar surface area (TPSA) is 91.1 Å². The molecule has 7 heteroatoms. The van der Waals surface area contributed by atoms with Crippen LogP contribution in [0.5, 0.6) is 0 Å². The van der Waals surface area contributed by atoms with Crippen molar-refractivity contribution in [1.29, 1.82) is 5.26 Å². The molecule has 1 unspecified atom stereocenters. The van der Waals surface area contributed by atoms with Gasteiger partial charge in [0.2, 0.25) is 5.91 Å². The Balaban J connectivity index is 1.77. The van der Waals surface area contributed by atoms with Gasteiger partial charge in [0, 0.05) is 24.6 Å². The third-order valence-corrected chi connectivity index (χ3v) is 6.06. The molecule has 0 fully saturated rings. The number of aromatic nitrogens is 2. The number of anilines is 2. The van der Waals surface area contributed by atoms with E-state index in [-0.39, 0.29) is 29.6 Å². The molecule has 154 valence electrons. The van der Waals surface area contributed by atoms with E-state index in [1.54, 1.807) is 13.1 Å². The van der Waals surface area contributed by atoms with Crippen LogP contribution in [0.3, 0.4) is 0 Å². The minimum atomic E-state index is -0.0479. The second-order valence-corrected chi connectivity index (χ2v) is 7.84. The molecule has 4 rings (SSSR count). The standard InChI is InChI=1S/C23H25N5O2/c1-14-15(2)28(16(3)29)21-5-4-18(17-6-8-30-9-7-17)10-20(21)23(14)27-22-13-25-19(11-24)12-26-22/h4-6,10,12-15,23H,7-9H2,1-3H3,(H,26,27)/t14-,15-,23?/m0/s1. The molecule has 2 aromatic rings. The van der Waals surface area contributed by atoms with E-state index >= 15 is 0 Å². The number of nitriles is 1. The van der Waals surface area contributed by atoms with Gasteiger partial charge in [-0.3, -0.25) is 4.79 Å². The predicted octanol–water partition coefficient (Wildman–Crippen LogP) is 3.70. The van der Waals surface area contributed by atoms with Crippen molar-refractivity contribution >= 4 is 23.0 Å². The molecule has 1 aromatic carbocycles. The Kier molecular flexibility index (Phi) is 5.51. The van der Waals surface area contributed by atoms with Crippen LogP contribution in [-0.2, 0) is 9.53 Å². The Morgan fingerprint density at radius 1 is 1.30 bits per heavy atom. The van der Waals surface area contributed by atoms with Gasteiger partial charge in [-0.2, -0.15) is 5.26 Å². The van der Waals surface area contributed by atoms with Gasteiger partial charge in [0.25, 0.3) is 0 Å². The lowest BCUT2D eigenvalue weighted by molar-refractivity contribution is -0.117. The summed E-state index contributed by atoms with van der Waals surface area (Å²) in [6, 6.07) is 8.28. The van der Waals surface area contributed by atoms with Gasteiger partial charge < -0.3 is 15.0 Å². The van der Waals surface area contributed by atoms with Crippen LogP contribution in [0.4, 0.5) is 11.5 Å². The van der Waals surface area contributed by atoms with E-state index in [4.69, 9.17) is 10.00 Å². The average Bonchev–Trinajstić information content (AvgIpc) is 2.77. The molecule has 0 saturated heterocycles. The Labute approximate surface area is 176 Å². The number of carbonyl (C=O) groups is 1. The van der Waals surface area contributed by atoms with Crippen molar-refractivity contribution < 1.29 is 9.53 Å². The van der Waals surface area contributed by atoms with E-state index in [1.807, 2.05) is 17.0 Å². The summed E-state index contributed by atoms with van der Waals surface area (Å²) in [5.41, 5.74) is 4.68. The van der Waals surface area contributed by atoms with Gasteiger partial charge in [-0.25, -0.2) is 9.97 Å². The van der Waals surface area contributed by atoms with E-state index in [2.05, 4.69) is 47.3 Å². The maximum absolute atomic E-state index is 12.5. The van der Waals surface area contributed by atoms with E-state index in [9.17, 15) is 4.79 Å². The van der Waals surface area contributed by atoms with Crippen LogP contribution in [-0.4, -0.2) is 35.1 Å². The highest BCUT2D eigenvalue weighted by molar-refractivity contribution is 5.94. The Morgan fingerprint density at radius 2 is 2.13 bits per heavy atom. The number of benzene rings is 1. The van der Waals surface area contributed by atoms with Crippen LogP contribution in [0.2, 0.25) is 0 Å². The Hall–Kier alpha value is -3.24. The number of nitrogens with zero attached hydrogens (tertiary/aromatic N) is 4. The largest absolute Gasteiger partial charge is 0.377 e. The van der Waals surface area contributed by atoms with Gasteiger partial charge in [-0.05, 0) is 42.2 Å². The molecule has 7 nitrogen and oxygen atoms in total. The maximum atomic E-state index is 12.5. The second kappa shape index (κ2) is 8.25. The molecule has 1 N–H and O–H groups in total. The first-order valence-corrected chi connectivity index (χ1v) is 10.2. The molecule has 2 aliphatic rings. The summed E-state index contributed by atoms with van der Waals surface area (Å²) in [5.74, 6) is 0.777. The predicted molar refractivity (Wildman–Crippen MR) is 115 cm³/mol. The van der Waals surface area contributed by atoms with Crippen molar-refractivity contribution in [3.63, 3.8) is 0 Å². The molecular weight excluding hydrogens is 378 g/mol. The first kappa shape index (κ1) is 20.0. The minimum absolute atomic E-state index is 0.0204. The van der Waals surface area contributed by atoms with E-state index < -0.39 is 0 Å².